The molecule has 0 unspecified atom stereocenters. The fourth-order valence-electron chi connectivity index (χ4n) is 2.79. The maximum absolute atomic E-state index is 11.2. The Morgan fingerprint density at radius 3 is 1.94 bits per heavy atom. The summed E-state index contributed by atoms with van der Waals surface area (Å²) in [7, 11) is -7.31. The normalized spacial score (nSPS) is 11.9. The van der Waals surface area contributed by atoms with Crippen LogP contribution in [-0.2, 0) is 28.6 Å². The summed E-state index contributed by atoms with van der Waals surface area (Å²) in [5.74, 6) is 0. The Hall–Kier alpha value is -3.67. The average molecular weight is 546 g/mol. The quantitative estimate of drug-likeness (QED) is 0.156. The zero-order valence-electron chi connectivity index (χ0n) is 19.1. The monoisotopic (exact) mass is 545 g/mol. The fraction of sp³-hybridized carbons (Fsp3) is 0.316. The zero-order chi connectivity index (χ0) is 26.9. The molecule has 0 amide bonds. The molecule has 0 fully saturated rings. The Balaban J connectivity index is 2.11. The number of nitro benzene ring substituents is 2. The van der Waals surface area contributed by atoms with Gasteiger partial charge < -0.3 is 4.90 Å². The molecule has 0 heterocycles. The van der Waals surface area contributed by atoms with Gasteiger partial charge in [0, 0.05) is 24.8 Å². The van der Waals surface area contributed by atoms with Crippen molar-refractivity contribution in [3.63, 3.8) is 0 Å². The van der Waals surface area contributed by atoms with Crippen LogP contribution in [0.15, 0.2) is 47.6 Å². The molecule has 0 aromatic heterocycles. The Kier molecular flexibility index (Phi) is 9.79. The van der Waals surface area contributed by atoms with E-state index in [0.29, 0.717) is 11.3 Å². The second kappa shape index (κ2) is 12.3. The molecule has 0 spiro atoms. The molecule has 0 radical (unpaired) electrons. The number of benzene rings is 2. The fourth-order valence-corrected chi connectivity index (χ4v) is 3.55. The minimum absolute atomic E-state index is 0.0404. The second-order valence-electron chi connectivity index (χ2n) is 7.22. The van der Waals surface area contributed by atoms with Crippen LogP contribution < -0.4 is 10.3 Å². The third-order valence-corrected chi connectivity index (χ3v) is 5.55. The number of nitro groups is 2. The van der Waals surface area contributed by atoms with Gasteiger partial charge in [0.25, 0.3) is 25.9 Å². The summed E-state index contributed by atoms with van der Waals surface area (Å²) >= 11 is 0. The van der Waals surface area contributed by atoms with Crippen molar-refractivity contribution < 1.29 is 35.0 Å². The molecule has 0 aliphatic heterocycles. The van der Waals surface area contributed by atoms with Crippen molar-refractivity contribution in [3.8, 4) is 0 Å². The largest absolute Gasteiger partial charge is 0.367 e. The molecule has 17 heteroatoms. The minimum Gasteiger partial charge on any atom is -0.367 e. The van der Waals surface area contributed by atoms with Gasteiger partial charge in [0.2, 0.25) is 0 Å². The number of non-ortho nitro benzene ring substituents is 1. The summed E-state index contributed by atoms with van der Waals surface area (Å²) in [6.07, 6.45) is 3.19. The lowest BCUT2D eigenvalue weighted by Gasteiger charge is -2.24. The smallest absolute Gasteiger partial charge is 0.301 e. The molecule has 36 heavy (non-hydrogen) atoms. The molecule has 2 aromatic carbocycles. The van der Waals surface area contributed by atoms with Crippen LogP contribution in [0, 0.1) is 20.2 Å². The highest BCUT2D eigenvalue weighted by Crippen LogP contribution is 2.28. The molecule has 1 N–H and O–H groups in total. The summed E-state index contributed by atoms with van der Waals surface area (Å²) in [4.78, 5) is 22.2. The zero-order valence-corrected chi connectivity index (χ0v) is 20.8. The molecule has 15 nitrogen and oxygen atoms in total. The van der Waals surface area contributed by atoms with Crippen LogP contribution >= 0.6 is 0 Å². The van der Waals surface area contributed by atoms with Gasteiger partial charge in [-0.15, -0.1) is 0 Å². The van der Waals surface area contributed by atoms with E-state index in [4.69, 9.17) is 8.37 Å². The standard InChI is InChI=1S/C19H23N5O10S2/c1-35(29,30)33-11-9-22(10-12-34-36(2,31)32)16-5-3-15(4-6-16)14-20-21-18-8-7-17(23(25)26)13-19(18)24(27)28/h3-8,13-14,21H,9-12H2,1-2H3/b20-14+. The number of nitrogens with one attached hydrogen (secondary N) is 1. The lowest BCUT2D eigenvalue weighted by molar-refractivity contribution is -0.393. The van der Waals surface area contributed by atoms with Gasteiger partial charge in [-0.2, -0.15) is 21.9 Å². The van der Waals surface area contributed by atoms with Gasteiger partial charge in [-0.3, -0.25) is 34.0 Å². The van der Waals surface area contributed by atoms with E-state index < -0.39 is 41.5 Å². The lowest BCUT2D eigenvalue weighted by atomic mass is 10.2. The van der Waals surface area contributed by atoms with E-state index in [-0.39, 0.29) is 32.0 Å². The molecule has 0 aliphatic carbocycles. The first-order chi connectivity index (χ1) is 16.7. The van der Waals surface area contributed by atoms with Crippen LogP contribution in [0.4, 0.5) is 22.7 Å². The molecular weight excluding hydrogens is 522 g/mol. The number of hydrogen-bond acceptors (Lipinski definition) is 13. The molecule has 2 aromatic rings. The van der Waals surface area contributed by atoms with E-state index in [1.807, 2.05) is 0 Å². The number of hydrazone groups is 1. The Morgan fingerprint density at radius 1 is 0.917 bits per heavy atom. The molecule has 0 bridgehead atoms. The summed E-state index contributed by atoms with van der Waals surface area (Å²) in [6, 6.07) is 9.72. The molecule has 196 valence electrons. The Bertz CT molecular complexity index is 1290. The summed E-state index contributed by atoms with van der Waals surface area (Å²) in [6.45, 7) is -0.0876. The number of anilines is 2. The molecule has 0 aliphatic rings. The minimum atomic E-state index is -3.65. The van der Waals surface area contributed by atoms with E-state index in [1.165, 1.54) is 12.3 Å². The first kappa shape index (κ1) is 28.6. The SMILES string of the molecule is CS(=O)(=O)OCCN(CCOS(C)(=O)=O)c1ccc(/C=N/Nc2ccc([N+](=O)[O-])cc2[N+](=O)[O-])cc1. The van der Waals surface area contributed by atoms with Crippen LogP contribution in [0.5, 0.6) is 0 Å². The van der Waals surface area contributed by atoms with Crippen molar-refractivity contribution in [1.29, 1.82) is 0 Å². The maximum Gasteiger partial charge on any atom is 0.301 e. The van der Waals surface area contributed by atoms with Gasteiger partial charge in [-0.1, -0.05) is 12.1 Å². The van der Waals surface area contributed by atoms with Crippen molar-refractivity contribution in [2.24, 2.45) is 5.10 Å². The van der Waals surface area contributed by atoms with Gasteiger partial charge in [-0.25, -0.2) is 0 Å². The van der Waals surface area contributed by atoms with Crippen molar-refractivity contribution in [3.05, 3.63) is 68.3 Å². The highest BCUT2D eigenvalue weighted by Gasteiger charge is 2.19. The third-order valence-electron chi connectivity index (χ3n) is 4.36. The van der Waals surface area contributed by atoms with E-state index in [2.05, 4.69) is 10.5 Å². The molecule has 0 saturated heterocycles. The summed E-state index contributed by atoms with van der Waals surface area (Å²) in [5.41, 5.74) is 2.68. The van der Waals surface area contributed by atoms with Gasteiger partial charge in [-0.05, 0) is 23.8 Å². The van der Waals surface area contributed by atoms with E-state index in [0.717, 1.165) is 24.6 Å². The maximum atomic E-state index is 11.2. The molecule has 0 saturated carbocycles. The second-order valence-corrected chi connectivity index (χ2v) is 10.5. The van der Waals surface area contributed by atoms with Crippen LogP contribution in [0.2, 0.25) is 0 Å². The molecular formula is C19H23N5O10S2. The highest BCUT2D eigenvalue weighted by molar-refractivity contribution is 7.86. The number of nitrogens with zero attached hydrogens (tertiary/aromatic N) is 4. The van der Waals surface area contributed by atoms with Crippen molar-refractivity contribution in [2.75, 3.05) is 49.1 Å². The van der Waals surface area contributed by atoms with Crippen LogP contribution in [-0.4, -0.2) is 71.7 Å². The third kappa shape index (κ3) is 9.90. The van der Waals surface area contributed by atoms with Crippen LogP contribution in [0.3, 0.4) is 0 Å². The molecule has 2 rings (SSSR count). The predicted octanol–water partition coefficient (Wildman–Crippen LogP) is 1.71. The summed E-state index contributed by atoms with van der Waals surface area (Å²) in [5, 5.41) is 25.9. The topological polar surface area (TPSA) is 201 Å². The van der Waals surface area contributed by atoms with Gasteiger partial charge in [0.1, 0.15) is 5.69 Å². The average Bonchev–Trinajstić information content (AvgIpc) is 2.77. The Morgan fingerprint density at radius 2 is 1.47 bits per heavy atom. The number of rotatable bonds is 14. The van der Waals surface area contributed by atoms with E-state index in [1.54, 1.807) is 29.2 Å². The van der Waals surface area contributed by atoms with Crippen LogP contribution in [0.25, 0.3) is 0 Å². The molecule has 0 atom stereocenters. The first-order valence-corrected chi connectivity index (χ1v) is 13.6. The van der Waals surface area contributed by atoms with Crippen molar-refractivity contribution in [1.82, 2.24) is 0 Å². The first-order valence-electron chi connectivity index (χ1n) is 10.0. The van der Waals surface area contributed by atoms with Gasteiger partial charge in [0.05, 0.1) is 47.9 Å². The van der Waals surface area contributed by atoms with Crippen LogP contribution in [0.1, 0.15) is 5.56 Å². The predicted molar refractivity (Wildman–Crippen MR) is 131 cm³/mol. The van der Waals surface area contributed by atoms with Crippen molar-refractivity contribution in [2.45, 2.75) is 0 Å². The van der Waals surface area contributed by atoms with E-state index in [9.17, 15) is 37.1 Å². The summed E-state index contributed by atoms with van der Waals surface area (Å²) < 4.78 is 54.4. The lowest BCUT2D eigenvalue weighted by Crippen LogP contribution is -2.32. The van der Waals surface area contributed by atoms with Gasteiger partial charge >= 0.3 is 5.69 Å². The van der Waals surface area contributed by atoms with Crippen molar-refractivity contribution >= 4 is 49.2 Å². The Labute approximate surface area is 206 Å². The highest BCUT2D eigenvalue weighted by atomic mass is 32.2. The van der Waals surface area contributed by atoms with Gasteiger partial charge in [0.15, 0.2) is 0 Å². The number of hydrogen-bond donors (Lipinski definition) is 1. The van der Waals surface area contributed by atoms with E-state index >= 15 is 0 Å².